The van der Waals surface area contributed by atoms with Crippen molar-refractivity contribution in [2.24, 2.45) is 0 Å². The van der Waals surface area contributed by atoms with Crippen molar-refractivity contribution in [2.45, 2.75) is 0 Å². The molecule has 0 aliphatic rings. The molecule has 2 aromatic carbocycles. The maximum Gasteiger partial charge on any atom is 0.0894 e. The second-order valence-electron chi connectivity index (χ2n) is 3.99. The van der Waals surface area contributed by atoms with Crippen LogP contribution in [0.2, 0.25) is 0 Å². The third-order valence-electron chi connectivity index (χ3n) is 2.67. The minimum absolute atomic E-state index is 0.950. The van der Waals surface area contributed by atoms with E-state index in [0.717, 1.165) is 22.1 Å². The summed E-state index contributed by atoms with van der Waals surface area (Å²) in [6.07, 6.45) is 0. The van der Waals surface area contributed by atoms with Crippen LogP contribution in [0.4, 0.5) is 0 Å². The van der Waals surface area contributed by atoms with Gasteiger partial charge in [-0.05, 0) is 35.0 Å². The van der Waals surface area contributed by atoms with E-state index in [1.54, 1.807) is 11.3 Å². The highest BCUT2D eigenvalue weighted by atomic mass is 32.1. The summed E-state index contributed by atoms with van der Waals surface area (Å²) in [5.41, 5.74) is 3.80. The first-order valence-electron chi connectivity index (χ1n) is 6.02. The monoisotopic (exact) mass is 264 g/mol. The zero-order valence-corrected chi connectivity index (χ0v) is 11.0. The van der Waals surface area contributed by atoms with E-state index >= 15 is 0 Å². The van der Waals surface area contributed by atoms with E-state index in [2.05, 4.69) is 9.97 Å². The van der Waals surface area contributed by atoms with Gasteiger partial charge in [0.2, 0.25) is 0 Å². The lowest BCUT2D eigenvalue weighted by molar-refractivity contribution is 1.39. The largest absolute Gasteiger partial charge is 0.245 e. The van der Waals surface area contributed by atoms with Crippen LogP contribution in [-0.2, 0) is 0 Å². The summed E-state index contributed by atoms with van der Waals surface area (Å²) in [4.78, 5) is 9.03. The molecule has 19 heavy (non-hydrogen) atoms. The van der Waals surface area contributed by atoms with E-state index in [-0.39, 0.29) is 0 Å². The number of hydrogen-bond donors (Lipinski definition) is 0. The molecule has 0 amide bonds. The lowest BCUT2D eigenvalue weighted by Crippen LogP contribution is -1.85. The predicted octanol–water partition coefficient (Wildman–Crippen LogP) is 4.53. The van der Waals surface area contributed by atoms with Gasteiger partial charge in [0.15, 0.2) is 0 Å². The van der Waals surface area contributed by atoms with Crippen LogP contribution in [-0.4, -0.2) is 9.97 Å². The van der Waals surface area contributed by atoms with Gasteiger partial charge in [0.05, 0.1) is 22.1 Å². The van der Waals surface area contributed by atoms with Crippen molar-refractivity contribution in [3.05, 3.63) is 71.4 Å². The van der Waals surface area contributed by atoms with Gasteiger partial charge in [-0.25, -0.2) is 9.97 Å². The Morgan fingerprint density at radius 3 is 1.16 bits per heavy atom. The molecule has 3 heteroatoms. The van der Waals surface area contributed by atoms with Gasteiger partial charge in [0.25, 0.3) is 0 Å². The molecular weight excluding hydrogens is 252 g/mol. The highest BCUT2D eigenvalue weighted by molar-refractivity contribution is 7.07. The van der Waals surface area contributed by atoms with Gasteiger partial charge in [-0.15, -0.1) is 0 Å². The SMILES string of the molecule is c1ccc2nc3ccccc3nc2c1.c1ccsc1. The summed E-state index contributed by atoms with van der Waals surface area (Å²) >= 11 is 1.71. The van der Waals surface area contributed by atoms with Gasteiger partial charge in [-0.2, -0.15) is 11.3 Å². The molecule has 0 atom stereocenters. The number of fused-ring (bicyclic) bond motifs is 2. The fraction of sp³-hybridized carbons (Fsp3) is 0. The van der Waals surface area contributed by atoms with Gasteiger partial charge in [-0.1, -0.05) is 36.4 Å². The Bertz CT molecular complexity index is 657. The molecule has 0 saturated heterocycles. The number of para-hydroxylation sites is 4. The van der Waals surface area contributed by atoms with Crippen LogP contribution >= 0.6 is 11.3 Å². The van der Waals surface area contributed by atoms with E-state index in [0.29, 0.717) is 0 Å². The Labute approximate surface area is 115 Å². The fourth-order valence-corrected chi connectivity index (χ4v) is 2.25. The summed E-state index contributed by atoms with van der Waals surface area (Å²) in [7, 11) is 0. The van der Waals surface area contributed by atoms with Crippen molar-refractivity contribution in [3.8, 4) is 0 Å². The summed E-state index contributed by atoms with van der Waals surface area (Å²) in [6.45, 7) is 0. The normalized spacial score (nSPS) is 10.1. The lowest BCUT2D eigenvalue weighted by Gasteiger charge is -1.98. The molecule has 4 aromatic rings. The second-order valence-corrected chi connectivity index (χ2v) is 4.81. The minimum Gasteiger partial charge on any atom is -0.245 e. The van der Waals surface area contributed by atoms with Crippen molar-refractivity contribution in [1.82, 2.24) is 9.97 Å². The maximum absolute atomic E-state index is 4.52. The van der Waals surface area contributed by atoms with E-state index < -0.39 is 0 Å². The standard InChI is InChI=1S/C12H8N2.C4H4S/c1-2-6-10-9(5-1)13-11-7-3-4-8-12(11)14-10;1-2-4-5-3-1/h1-8H;1-4H. The molecule has 2 heterocycles. The van der Waals surface area contributed by atoms with Gasteiger partial charge >= 0.3 is 0 Å². The smallest absolute Gasteiger partial charge is 0.0894 e. The number of aromatic nitrogens is 2. The molecule has 0 saturated carbocycles. The molecule has 2 nitrogen and oxygen atoms in total. The molecule has 0 spiro atoms. The van der Waals surface area contributed by atoms with Crippen molar-refractivity contribution >= 4 is 33.4 Å². The van der Waals surface area contributed by atoms with Crippen LogP contribution < -0.4 is 0 Å². The molecule has 0 fully saturated rings. The van der Waals surface area contributed by atoms with Gasteiger partial charge in [-0.3, -0.25) is 0 Å². The first-order valence-corrected chi connectivity index (χ1v) is 6.96. The maximum atomic E-state index is 4.52. The van der Waals surface area contributed by atoms with Crippen LogP contribution in [0, 0.1) is 0 Å². The molecule has 4 rings (SSSR count). The third-order valence-corrected chi connectivity index (χ3v) is 3.30. The molecule has 0 aliphatic carbocycles. The summed E-state index contributed by atoms with van der Waals surface area (Å²) in [6, 6.07) is 19.9. The van der Waals surface area contributed by atoms with E-state index in [1.807, 2.05) is 71.4 Å². The lowest BCUT2D eigenvalue weighted by atomic mass is 10.2. The first kappa shape index (κ1) is 11.8. The number of hydrogen-bond acceptors (Lipinski definition) is 3. The third kappa shape index (κ3) is 2.77. The summed E-state index contributed by atoms with van der Waals surface area (Å²) < 4.78 is 0. The average Bonchev–Trinajstić information content (AvgIpc) is 3.04. The van der Waals surface area contributed by atoms with Gasteiger partial charge in [0.1, 0.15) is 0 Å². The van der Waals surface area contributed by atoms with Crippen LogP contribution in [0.15, 0.2) is 71.4 Å². The van der Waals surface area contributed by atoms with Crippen LogP contribution in [0.25, 0.3) is 22.1 Å². The molecule has 0 N–H and O–H groups in total. The van der Waals surface area contributed by atoms with Gasteiger partial charge in [0, 0.05) is 0 Å². The second kappa shape index (κ2) is 5.59. The Morgan fingerprint density at radius 2 is 0.895 bits per heavy atom. The quantitative estimate of drug-likeness (QED) is 0.436. The molecule has 0 unspecified atom stereocenters. The number of rotatable bonds is 0. The van der Waals surface area contributed by atoms with Crippen LogP contribution in [0.5, 0.6) is 0 Å². The summed E-state index contributed by atoms with van der Waals surface area (Å²) in [5, 5.41) is 4.08. The highest BCUT2D eigenvalue weighted by Crippen LogP contribution is 2.14. The van der Waals surface area contributed by atoms with Gasteiger partial charge < -0.3 is 0 Å². The number of nitrogens with zero attached hydrogens (tertiary/aromatic N) is 2. The van der Waals surface area contributed by atoms with Crippen LogP contribution in [0.1, 0.15) is 0 Å². The zero-order chi connectivity index (χ0) is 12.9. The number of thiophene rings is 1. The molecule has 92 valence electrons. The van der Waals surface area contributed by atoms with Crippen molar-refractivity contribution in [1.29, 1.82) is 0 Å². The Balaban J connectivity index is 0.000000187. The fourth-order valence-electron chi connectivity index (χ4n) is 1.79. The van der Waals surface area contributed by atoms with Crippen molar-refractivity contribution in [2.75, 3.05) is 0 Å². The molecule has 0 radical (unpaired) electrons. The molecular formula is C16H12N2S. The minimum atomic E-state index is 0.950. The molecule has 2 aromatic heterocycles. The Hall–Kier alpha value is -2.26. The highest BCUT2D eigenvalue weighted by Gasteiger charge is 1.98. The van der Waals surface area contributed by atoms with E-state index in [1.165, 1.54) is 0 Å². The Morgan fingerprint density at radius 1 is 0.526 bits per heavy atom. The zero-order valence-electron chi connectivity index (χ0n) is 10.2. The van der Waals surface area contributed by atoms with Crippen LogP contribution in [0.3, 0.4) is 0 Å². The number of benzene rings is 2. The molecule has 0 aliphatic heterocycles. The Kier molecular flexibility index (Phi) is 3.47. The van der Waals surface area contributed by atoms with E-state index in [9.17, 15) is 0 Å². The molecule has 0 bridgehead atoms. The van der Waals surface area contributed by atoms with Crippen molar-refractivity contribution in [3.63, 3.8) is 0 Å². The van der Waals surface area contributed by atoms with E-state index in [4.69, 9.17) is 0 Å². The first-order chi connectivity index (χ1) is 9.43. The topological polar surface area (TPSA) is 25.8 Å². The van der Waals surface area contributed by atoms with Crippen molar-refractivity contribution < 1.29 is 0 Å². The summed E-state index contributed by atoms with van der Waals surface area (Å²) in [5.74, 6) is 0. The predicted molar refractivity (Wildman–Crippen MR) is 81.4 cm³/mol. The average molecular weight is 264 g/mol.